The molecule has 1 saturated heterocycles. The topological polar surface area (TPSA) is 39.3 Å². The van der Waals surface area contributed by atoms with Gasteiger partial charge in [-0.3, -0.25) is 4.79 Å². The third-order valence-electron chi connectivity index (χ3n) is 4.82. The van der Waals surface area contributed by atoms with Crippen molar-refractivity contribution in [3.63, 3.8) is 0 Å². The molecule has 2 heterocycles. The number of aromatic amines is 1. The van der Waals surface area contributed by atoms with Crippen LogP contribution in [0, 0.1) is 0 Å². The number of aromatic nitrogens is 1. The van der Waals surface area contributed by atoms with Gasteiger partial charge >= 0.3 is 0 Å². The van der Waals surface area contributed by atoms with Crippen molar-refractivity contribution in [2.24, 2.45) is 0 Å². The van der Waals surface area contributed by atoms with Crippen LogP contribution in [0.3, 0.4) is 0 Å². The Kier molecular flexibility index (Phi) is 4.36. The number of nitrogens with one attached hydrogen (secondary N) is 1. The minimum absolute atomic E-state index is 0.184. The molecule has 0 atom stereocenters. The minimum Gasteiger partial charge on any atom is -0.368 e. The molecule has 0 unspecified atom stereocenters. The summed E-state index contributed by atoms with van der Waals surface area (Å²) in [6.07, 6.45) is 2.34. The number of benzene rings is 2. The van der Waals surface area contributed by atoms with Crippen LogP contribution in [0.15, 0.2) is 54.7 Å². The fourth-order valence-electron chi connectivity index (χ4n) is 3.43. The van der Waals surface area contributed by atoms with Gasteiger partial charge in [0.05, 0.1) is 6.42 Å². The van der Waals surface area contributed by atoms with E-state index in [4.69, 9.17) is 11.6 Å². The first-order valence-electron chi connectivity index (χ1n) is 8.54. The van der Waals surface area contributed by atoms with Gasteiger partial charge in [-0.1, -0.05) is 35.9 Å². The Balaban J connectivity index is 1.40. The van der Waals surface area contributed by atoms with E-state index in [1.165, 1.54) is 5.69 Å². The average molecular weight is 354 g/mol. The van der Waals surface area contributed by atoms with Crippen molar-refractivity contribution in [3.8, 4) is 0 Å². The Morgan fingerprint density at radius 1 is 1.04 bits per heavy atom. The number of amides is 1. The summed E-state index contributed by atoms with van der Waals surface area (Å²) < 4.78 is 0. The first-order chi connectivity index (χ1) is 12.2. The summed E-state index contributed by atoms with van der Waals surface area (Å²) in [5, 5.41) is 1.77. The SMILES string of the molecule is O=C(Cc1c[nH]c2cc(Cl)ccc12)N1CCN(c2ccccc2)CC1. The van der Waals surface area contributed by atoms with E-state index >= 15 is 0 Å². The lowest BCUT2D eigenvalue weighted by Gasteiger charge is -2.36. The maximum absolute atomic E-state index is 12.7. The molecule has 0 aliphatic carbocycles. The molecule has 0 saturated carbocycles. The number of rotatable bonds is 3. The summed E-state index contributed by atoms with van der Waals surface area (Å²) in [6, 6.07) is 16.1. The summed E-state index contributed by atoms with van der Waals surface area (Å²) >= 11 is 6.02. The summed E-state index contributed by atoms with van der Waals surface area (Å²) in [5.41, 5.74) is 3.23. The molecule has 25 heavy (non-hydrogen) atoms. The van der Waals surface area contributed by atoms with Gasteiger partial charge in [0.25, 0.3) is 0 Å². The van der Waals surface area contributed by atoms with Gasteiger partial charge in [0.2, 0.25) is 5.91 Å². The van der Waals surface area contributed by atoms with Crippen molar-refractivity contribution in [2.75, 3.05) is 31.1 Å². The van der Waals surface area contributed by atoms with Crippen LogP contribution in [0.2, 0.25) is 5.02 Å². The Bertz CT molecular complexity index is 882. The van der Waals surface area contributed by atoms with Crippen LogP contribution in [0.1, 0.15) is 5.56 Å². The number of para-hydroxylation sites is 1. The molecule has 1 amide bonds. The Labute approximate surface area is 152 Å². The largest absolute Gasteiger partial charge is 0.368 e. The third kappa shape index (κ3) is 3.35. The first kappa shape index (κ1) is 16.0. The first-order valence-corrected chi connectivity index (χ1v) is 8.92. The lowest BCUT2D eigenvalue weighted by molar-refractivity contribution is -0.130. The second kappa shape index (κ2) is 6.81. The van der Waals surface area contributed by atoms with Gasteiger partial charge in [0.1, 0.15) is 0 Å². The maximum atomic E-state index is 12.7. The zero-order chi connectivity index (χ0) is 17.2. The number of carbonyl (C=O) groups is 1. The molecule has 0 spiro atoms. The molecule has 1 aromatic heterocycles. The average Bonchev–Trinajstić information content (AvgIpc) is 3.04. The number of carbonyl (C=O) groups excluding carboxylic acids is 1. The zero-order valence-electron chi connectivity index (χ0n) is 13.9. The summed E-state index contributed by atoms with van der Waals surface area (Å²) in [6.45, 7) is 3.28. The Morgan fingerprint density at radius 2 is 1.80 bits per heavy atom. The van der Waals surface area contributed by atoms with Gasteiger partial charge < -0.3 is 14.8 Å². The maximum Gasteiger partial charge on any atom is 0.227 e. The number of H-pyrrole nitrogens is 1. The molecule has 1 aliphatic heterocycles. The summed E-state index contributed by atoms with van der Waals surface area (Å²) in [4.78, 5) is 20.2. The second-order valence-electron chi connectivity index (χ2n) is 6.38. The lowest BCUT2D eigenvalue weighted by atomic mass is 10.1. The van der Waals surface area contributed by atoms with Crippen LogP contribution in [-0.4, -0.2) is 42.0 Å². The van der Waals surface area contributed by atoms with Gasteiger partial charge in [0.15, 0.2) is 0 Å². The highest BCUT2D eigenvalue weighted by molar-refractivity contribution is 6.31. The van der Waals surface area contributed by atoms with Crippen LogP contribution in [-0.2, 0) is 11.2 Å². The van der Waals surface area contributed by atoms with Gasteiger partial charge in [-0.25, -0.2) is 0 Å². The van der Waals surface area contributed by atoms with Crippen molar-refractivity contribution < 1.29 is 4.79 Å². The van der Waals surface area contributed by atoms with Crippen LogP contribution in [0.5, 0.6) is 0 Å². The molecule has 3 aromatic rings. The van der Waals surface area contributed by atoms with E-state index in [-0.39, 0.29) is 5.91 Å². The van der Waals surface area contributed by atoms with Crippen LogP contribution >= 0.6 is 11.6 Å². The van der Waals surface area contributed by atoms with Gasteiger partial charge in [-0.2, -0.15) is 0 Å². The van der Waals surface area contributed by atoms with E-state index in [2.05, 4.69) is 34.1 Å². The third-order valence-corrected chi connectivity index (χ3v) is 5.06. The smallest absolute Gasteiger partial charge is 0.227 e. The molecule has 2 aromatic carbocycles. The molecular formula is C20H20ClN3O. The molecule has 1 aliphatic rings. The molecule has 5 heteroatoms. The zero-order valence-corrected chi connectivity index (χ0v) is 14.7. The van der Waals surface area contributed by atoms with Crippen molar-refractivity contribution in [1.29, 1.82) is 0 Å². The number of anilines is 1. The fraction of sp³-hybridized carbons (Fsp3) is 0.250. The number of piperazine rings is 1. The predicted octanol–water partition coefficient (Wildman–Crippen LogP) is 3.71. The Morgan fingerprint density at radius 3 is 2.56 bits per heavy atom. The van der Waals surface area contributed by atoms with Crippen molar-refractivity contribution in [1.82, 2.24) is 9.88 Å². The van der Waals surface area contributed by atoms with Gasteiger partial charge in [-0.05, 0) is 29.8 Å². The highest BCUT2D eigenvalue weighted by Gasteiger charge is 2.22. The van der Waals surface area contributed by atoms with E-state index in [0.29, 0.717) is 11.4 Å². The summed E-state index contributed by atoms with van der Waals surface area (Å²) in [7, 11) is 0. The molecule has 0 bridgehead atoms. The van der Waals surface area contributed by atoms with Crippen molar-refractivity contribution in [3.05, 3.63) is 65.3 Å². The van der Waals surface area contributed by atoms with Gasteiger partial charge in [-0.15, -0.1) is 0 Å². The van der Waals surface area contributed by atoms with Gasteiger partial charge in [0, 0.05) is 54.0 Å². The predicted molar refractivity (Wildman–Crippen MR) is 102 cm³/mol. The van der Waals surface area contributed by atoms with Crippen LogP contribution in [0.25, 0.3) is 10.9 Å². The molecule has 4 nitrogen and oxygen atoms in total. The van der Waals surface area contributed by atoms with Crippen molar-refractivity contribution in [2.45, 2.75) is 6.42 Å². The van der Waals surface area contributed by atoms with E-state index in [0.717, 1.165) is 42.6 Å². The van der Waals surface area contributed by atoms with Crippen LogP contribution in [0.4, 0.5) is 5.69 Å². The minimum atomic E-state index is 0.184. The molecule has 1 N–H and O–H groups in total. The number of nitrogens with zero attached hydrogens (tertiary/aromatic N) is 2. The van der Waals surface area contributed by atoms with Crippen LogP contribution < -0.4 is 4.90 Å². The van der Waals surface area contributed by atoms with E-state index < -0.39 is 0 Å². The normalized spacial score (nSPS) is 14.9. The standard InChI is InChI=1S/C20H20ClN3O/c21-16-6-7-18-15(14-22-19(18)13-16)12-20(25)24-10-8-23(9-11-24)17-4-2-1-3-5-17/h1-7,13-14,22H,8-12H2. The number of fused-ring (bicyclic) bond motifs is 1. The fourth-order valence-corrected chi connectivity index (χ4v) is 3.60. The van der Waals surface area contributed by atoms with E-state index in [9.17, 15) is 4.79 Å². The Hall–Kier alpha value is -2.46. The molecule has 4 rings (SSSR count). The molecule has 128 valence electrons. The molecule has 0 radical (unpaired) electrons. The van der Waals surface area contributed by atoms with E-state index in [1.807, 2.05) is 35.4 Å². The number of hydrogen-bond acceptors (Lipinski definition) is 2. The molecule has 1 fully saturated rings. The highest BCUT2D eigenvalue weighted by Crippen LogP contribution is 2.23. The monoisotopic (exact) mass is 353 g/mol. The number of halogens is 1. The second-order valence-corrected chi connectivity index (χ2v) is 6.82. The summed E-state index contributed by atoms with van der Waals surface area (Å²) in [5.74, 6) is 0.184. The lowest BCUT2D eigenvalue weighted by Crippen LogP contribution is -2.49. The van der Waals surface area contributed by atoms with E-state index in [1.54, 1.807) is 0 Å². The molecular weight excluding hydrogens is 334 g/mol. The van der Waals surface area contributed by atoms with Crippen molar-refractivity contribution >= 4 is 34.1 Å². The number of hydrogen-bond donors (Lipinski definition) is 1. The quantitative estimate of drug-likeness (QED) is 0.779. The highest BCUT2D eigenvalue weighted by atomic mass is 35.5.